The second kappa shape index (κ2) is 7.29. The molecule has 0 aliphatic carbocycles. The Morgan fingerprint density at radius 3 is 3.05 bits per heavy atom. The van der Waals surface area contributed by atoms with Crippen LogP contribution in [0, 0.1) is 0 Å². The van der Waals surface area contributed by atoms with Crippen LogP contribution in [0.5, 0.6) is 5.75 Å². The van der Waals surface area contributed by atoms with Crippen LogP contribution in [0.3, 0.4) is 0 Å². The molecule has 1 aliphatic heterocycles. The van der Waals surface area contributed by atoms with Crippen molar-refractivity contribution in [3.63, 3.8) is 0 Å². The number of nitrogens with one attached hydrogen (secondary N) is 1. The van der Waals surface area contributed by atoms with Crippen molar-refractivity contribution in [2.24, 2.45) is 0 Å². The Kier molecular flexibility index (Phi) is 5.40. The smallest absolute Gasteiger partial charge is 0.163 e. The van der Waals surface area contributed by atoms with Gasteiger partial charge in [-0.15, -0.1) is 0 Å². The van der Waals surface area contributed by atoms with Gasteiger partial charge in [-0.2, -0.15) is 0 Å². The van der Waals surface area contributed by atoms with Crippen LogP contribution < -0.4 is 10.1 Å². The SMILES string of the molecule is CCOc1cccc(C(=O)CCC2CCCCN2)c1. The summed E-state index contributed by atoms with van der Waals surface area (Å²) >= 11 is 0. The summed E-state index contributed by atoms with van der Waals surface area (Å²) in [5.74, 6) is 0.998. The summed E-state index contributed by atoms with van der Waals surface area (Å²) in [6, 6.07) is 8.02. The molecule has 1 saturated heterocycles. The zero-order chi connectivity index (χ0) is 13.5. The summed E-state index contributed by atoms with van der Waals surface area (Å²) in [7, 11) is 0. The Bertz CT molecular complexity index is 411. The van der Waals surface area contributed by atoms with Gasteiger partial charge in [-0.1, -0.05) is 18.6 Å². The number of carbonyl (C=O) groups is 1. The number of benzene rings is 1. The lowest BCUT2D eigenvalue weighted by molar-refractivity contribution is 0.0974. The molecule has 3 nitrogen and oxygen atoms in total. The number of piperidine rings is 1. The van der Waals surface area contributed by atoms with Gasteiger partial charge in [0.25, 0.3) is 0 Å². The van der Waals surface area contributed by atoms with E-state index in [1.807, 2.05) is 31.2 Å². The van der Waals surface area contributed by atoms with Crippen molar-refractivity contribution in [2.45, 2.75) is 45.1 Å². The molecule has 1 N–H and O–H groups in total. The van der Waals surface area contributed by atoms with Crippen molar-refractivity contribution in [1.29, 1.82) is 0 Å². The molecule has 0 radical (unpaired) electrons. The zero-order valence-corrected chi connectivity index (χ0v) is 11.7. The van der Waals surface area contributed by atoms with E-state index in [1.54, 1.807) is 0 Å². The van der Waals surface area contributed by atoms with Gasteiger partial charge >= 0.3 is 0 Å². The van der Waals surface area contributed by atoms with Crippen LogP contribution in [0.2, 0.25) is 0 Å². The van der Waals surface area contributed by atoms with Gasteiger partial charge in [-0.25, -0.2) is 0 Å². The van der Waals surface area contributed by atoms with Crippen molar-refractivity contribution in [3.8, 4) is 5.75 Å². The van der Waals surface area contributed by atoms with Crippen LogP contribution in [-0.2, 0) is 0 Å². The first kappa shape index (κ1) is 14.1. The Hall–Kier alpha value is -1.35. The minimum absolute atomic E-state index is 0.217. The van der Waals surface area contributed by atoms with E-state index in [0.29, 0.717) is 19.1 Å². The summed E-state index contributed by atoms with van der Waals surface area (Å²) in [5, 5.41) is 3.48. The summed E-state index contributed by atoms with van der Waals surface area (Å²) in [4.78, 5) is 12.2. The number of ketones is 1. The first-order valence-electron chi connectivity index (χ1n) is 7.29. The molecule has 0 saturated carbocycles. The lowest BCUT2D eigenvalue weighted by atomic mass is 9.97. The summed E-state index contributed by atoms with van der Waals surface area (Å²) in [5.41, 5.74) is 0.766. The van der Waals surface area contributed by atoms with Gasteiger partial charge in [0.05, 0.1) is 6.61 Å². The molecule has 0 aromatic heterocycles. The zero-order valence-electron chi connectivity index (χ0n) is 11.7. The fraction of sp³-hybridized carbons (Fsp3) is 0.562. The highest BCUT2D eigenvalue weighted by Gasteiger charge is 2.15. The van der Waals surface area contributed by atoms with E-state index in [1.165, 1.54) is 19.3 Å². The third-order valence-corrected chi connectivity index (χ3v) is 3.60. The van der Waals surface area contributed by atoms with Crippen LogP contribution in [0.25, 0.3) is 0 Å². The molecule has 1 fully saturated rings. The quantitative estimate of drug-likeness (QED) is 0.799. The molecule has 104 valence electrons. The Labute approximate surface area is 115 Å². The third-order valence-electron chi connectivity index (χ3n) is 3.60. The molecular formula is C16H23NO2. The second-order valence-corrected chi connectivity index (χ2v) is 5.07. The Morgan fingerprint density at radius 1 is 1.42 bits per heavy atom. The number of hydrogen-bond acceptors (Lipinski definition) is 3. The summed E-state index contributed by atoms with van der Waals surface area (Å²) < 4.78 is 5.43. The number of hydrogen-bond donors (Lipinski definition) is 1. The maximum atomic E-state index is 12.2. The highest BCUT2D eigenvalue weighted by molar-refractivity contribution is 5.96. The Balaban J connectivity index is 1.86. The van der Waals surface area contributed by atoms with E-state index in [2.05, 4.69) is 5.32 Å². The van der Waals surface area contributed by atoms with E-state index < -0.39 is 0 Å². The van der Waals surface area contributed by atoms with Crippen LogP contribution in [0.1, 0.15) is 49.4 Å². The monoisotopic (exact) mass is 261 g/mol. The van der Waals surface area contributed by atoms with Gasteiger partial charge in [0.15, 0.2) is 5.78 Å². The first-order valence-corrected chi connectivity index (χ1v) is 7.29. The van der Waals surface area contributed by atoms with Crippen molar-refractivity contribution in [1.82, 2.24) is 5.32 Å². The van der Waals surface area contributed by atoms with Gasteiger partial charge < -0.3 is 10.1 Å². The molecule has 3 heteroatoms. The van der Waals surface area contributed by atoms with Crippen molar-refractivity contribution in [3.05, 3.63) is 29.8 Å². The largest absolute Gasteiger partial charge is 0.494 e. The molecular weight excluding hydrogens is 238 g/mol. The minimum Gasteiger partial charge on any atom is -0.494 e. The number of carbonyl (C=O) groups excluding carboxylic acids is 1. The topological polar surface area (TPSA) is 38.3 Å². The molecule has 0 spiro atoms. The average Bonchev–Trinajstić information content (AvgIpc) is 2.46. The van der Waals surface area contributed by atoms with Gasteiger partial charge in [-0.3, -0.25) is 4.79 Å². The van der Waals surface area contributed by atoms with Gasteiger partial charge in [-0.05, 0) is 44.9 Å². The number of Topliss-reactive ketones (excluding diaryl/α,β-unsaturated/α-hetero) is 1. The predicted molar refractivity (Wildman–Crippen MR) is 76.8 cm³/mol. The van der Waals surface area contributed by atoms with Crippen LogP contribution in [0.15, 0.2) is 24.3 Å². The van der Waals surface area contributed by atoms with E-state index in [-0.39, 0.29) is 5.78 Å². The highest BCUT2D eigenvalue weighted by atomic mass is 16.5. The van der Waals surface area contributed by atoms with Gasteiger partial charge in [0.2, 0.25) is 0 Å². The van der Waals surface area contributed by atoms with Crippen molar-refractivity contribution >= 4 is 5.78 Å². The van der Waals surface area contributed by atoms with E-state index in [0.717, 1.165) is 24.3 Å². The van der Waals surface area contributed by atoms with E-state index in [9.17, 15) is 4.79 Å². The molecule has 2 rings (SSSR count). The van der Waals surface area contributed by atoms with Crippen LogP contribution in [0.4, 0.5) is 0 Å². The van der Waals surface area contributed by atoms with Crippen LogP contribution >= 0.6 is 0 Å². The molecule has 1 aromatic carbocycles. The molecule has 19 heavy (non-hydrogen) atoms. The van der Waals surface area contributed by atoms with Crippen molar-refractivity contribution < 1.29 is 9.53 Å². The Morgan fingerprint density at radius 2 is 2.32 bits per heavy atom. The normalized spacial score (nSPS) is 19.1. The summed E-state index contributed by atoms with van der Waals surface area (Å²) in [6.07, 6.45) is 5.31. The standard InChI is InChI=1S/C16H23NO2/c1-2-19-15-8-5-6-13(12-15)16(18)10-9-14-7-3-4-11-17-14/h5-6,8,12,14,17H,2-4,7,9-11H2,1H3. The predicted octanol–water partition coefficient (Wildman–Crippen LogP) is 3.19. The lowest BCUT2D eigenvalue weighted by Gasteiger charge is -2.23. The average molecular weight is 261 g/mol. The lowest BCUT2D eigenvalue weighted by Crippen LogP contribution is -2.34. The highest BCUT2D eigenvalue weighted by Crippen LogP contribution is 2.17. The number of ether oxygens (including phenoxy) is 1. The van der Waals surface area contributed by atoms with Crippen LogP contribution in [-0.4, -0.2) is 25.0 Å². The van der Waals surface area contributed by atoms with E-state index >= 15 is 0 Å². The van der Waals surface area contributed by atoms with Gasteiger partial charge in [0.1, 0.15) is 5.75 Å². The fourth-order valence-electron chi connectivity index (χ4n) is 2.55. The third kappa shape index (κ3) is 4.35. The minimum atomic E-state index is 0.217. The molecule has 0 amide bonds. The molecule has 1 atom stereocenters. The maximum absolute atomic E-state index is 12.2. The number of rotatable bonds is 6. The maximum Gasteiger partial charge on any atom is 0.163 e. The second-order valence-electron chi connectivity index (χ2n) is 5.07. The van der Waals surface area contributed by atoms with Gasteiger partial charge in [0, 0.05) is 18.0 Å². The fourth-order valence-corrected chi connectivity index (χ4v) is 2.55. The molecule has 1 aromatic rings. The van der Waals surface area contributed by atoms with Crippen molar-refractivity contribution in [2.75, 3.05) is 13.2 Å². The molecule has 1 unspecified atom stereocenters. The molecule has 1 aliphatic rings. The molecule has 0 bridgehead atoms. The molecule has 1 heterocycles. The first-order chi connectivity index (χ1) is 9.29. The van der Waals surface area contributed by atoms with E-state index in [4.69, 9.17) is 4.74 Å². The summed E-state index contributed by atoms with van der Waals surface area (Å²) in [6.45, 7) is 3.67.